The Balaban J connectivity index is 1.76. The minimum absolute atomic E-state index is 0.135. The van der Waals surface area contributed by atoms with Gasteiger partial charge < -0.3 is 19.6 Å². The van der Waals surface area contributed by atoms with E-state index in [1.54, 1.807) is 11.1 Å². The summed E-state index contributed by atoms with van der Waals surface area (Å²) in [4.78, 5) is 20.0. The van der Waals surface area contributed by atoms with Crippen molar-refractivity contribution in [2.45, 2.75) is 25.0 Å². The number of carbonyl (C=O) groups excluding carboxylic acids is 1. The maximum absolute atomic E-state index is 11.7. The highest BCUT2D eigenvalue weighted by atomic mass is 16.5. The van der Waals surface area contributed by atoms with Gasteiger partial charge in [0.15, 0.2) is 0 Å². The molecule has 0 aromatic carbocycles. The van der Waals surface area contributed by atoms with Gasteiger partial charge >= 0.3 is 0 Å². The molecular weight excluding hydrogens is 270 g/mol. The monoisotopic (exact) mass is 291 g/mol. The van der Waals surface area contributed by atoms with E-state index in [0.29, 0.717) is 19.7 Å². The molecule has 0 bridgehead atoms. The molecule has 0 spiro atoms. The highest BCUT2D eigenvalue weighted by Crippen LogP contribution is 2.28. The highest BCUT2D eigenvalue weighted by molar-refractivity contribution is 5.77. The number of pyridine rings is 1. The van der Waals surface area contributed by atoms with E-state index in [4.69, 9.17) is 9.84 Å². The minimum atomic E-state index is -0.414. The van der Waals surface area contributed by atoms with E-state index in [-0.39, 0.29) is 18.1 Å². The van der Waals surface area contributed by atoms with E-state index in [9.17, 15) is 4.79 Å². The van der Waals surface area contributed by atoms with Crippen LogP contribution >= 0.6 is 0 Å². The molecule has 3 rings (SSSR count). The van der Waals surface area contributed by atoms with Gasteiger partial charge in [-0.25, -0.2) is 0 Å². The predicted molar refractivity (Wildman–Crippen MR) is 78.0 cm³/mol. The number of ether oxygens (including phenoxy) is 1. The number of carbonyl (C=O) groups is 1. The molecule has 0 radical (unpaired) electrons. The van der Waals surface area contributed by atoms with Crippen LogP contribution in [0.2, 0.25) is 0 Å². The topological polar surface area (TPSA) is 65.9 Å². The molecule has 3 heterocycles. The molecule has 0 saturated carbocycles. The average molecular weight is 291 g/mol. The van der Waals surface area contributed by atoms with E-state index in [2.05, 4.69) is 16.0 Å². The van der Waals surface area contributed by atoms with Gasteiger partial charge in [-0.15, -0.1) is 0 Å². The molecule has 2 saturated heterocycles. The second kappa shape index (κ2) is 6.41. The molecule has 1 amide bonds. The zero-order valence-electron chi connectivity index (χ0n) is 12.0. The van der Waals surface area contributed by atoms with E-state index in [1.165, 1.54) is 0 Å². The molecule has 6 heteroatoms. The van der Waals surface area contributed by atoms with E-state index in [1.807, 2.05) is 12.3 Å². The molecule has 2 fully saturated rings. The van der Waals surface area contributed by atoms with E-state index >= 15 is 0 Å². The fourth-order valence-corrected chi connectivity index (χ4v) is 3.27. The number of aromatic nitrogens is 1. The third-order valence-corrected chi connectivity index (χ3v) is 4.34. The SMILES string of the molecule is O=C(CO)N1CCC2OCCN(c3cccnc3)C2CC1. The first-order chi connectivity index (χ1) is 10.3. The summed E-state index contributed by atoms with van der Waals surface area (Å²) >= 11 is 0. The second-order valence-electron chi connectivity index (χ2n) is 5.50. The van der Waals surface area contributed by atoms with Crippen LogP contribution in [0.5, 0.6) is 0 Å². The highest BCUT2D eigenvalue weighted by Gasteiger charge is 2.35. The lowest BCUT2D eigenvalue weighted by Gasteiger charge is -2.41. The molecular formula is C15H21N3O3. The first-order valence-electron chi connectivity index (χ1n) is 7.46. The second-order valence-corrected chi connectivity index (χ2v) is 5.50. The number of aliphatic hydroxyl groups is 1. The van der Waals surface area contributed by atoms with Crippen LogP contribution in [0, 0.1) is 0 Å². The van der Waals surface area contributed by atoms with Gasteiger partial charge in [-0.2, -0.15) is 0 Å². The first kappa shape index (κ1) is 14.3. The van der Waals surface area contributed by atoms with Crippen molar-refractivity contribution < 1.29 is 14.6 Å². The summed E-state index contributed by atoms with van der Waals surface area (Å²) in [5.41, 5.74) is 1.11. The molecule has 0 aliphatic carbocycles. The van der Waals surface area contributed by atoms with Gasteiger partial charge in [-0.1, -0.05) is 0 Å². The summed E-state index contributed by atoms with van der Waals surface area (Å²) in [6.45, 7) is 2.45. The molecule has 2 atom stereocenters. The fraction of sp³-hybridized carbons (Fsp3) is 0.600. The molecule has 114 valence electrons. The third-order valence-electron chi connectivity index (χ3n) is 4.34. The Hall–Kier alpha value is -1.66. The van der Waals surface area contributed by atoms with Gasteiger partial charge in [0.2, 0.25) is 5.91 Å². The number of rotatable bonds is 2. The van der Waals surface area contributed by atoms with Gasteiger partial charge in [0, 0.05) is 25.8 Å². The van der Waals surface area contributed by atoms with Crippen molar-refractivity contribution in [1.29, 1.82) is 0 Å². The Labute approximate surface area is 124 Å². The molecule has 1 aromatic rings. The number of fused-ring (bicyclic) bond motifs is 1. The third kappa shape index (κ3) is 3.01. The van der Waals surface area contributed by atoms with Crippen molar-refractivity contribution in [3.63, 3.8) is 0 Å². The van der Waals surface area contributed by atoms with Crippen LogP contribution in [-0.4, -0.2) is 65.9 Å². The Morgan fingerprint density at radius 3 is 3.00 bits per heavy atom. The van der Waals surface area contributed by atoms with Gasteiger partial charge in [-0.05, 0) is 25.0 Å². The quantitative estimate of drug-likeness (QED) is 0.847. The van der Waals surface area contributed by atoms with Gasteiger partial charge in [-0.3, -0.25) is 9.78 Å². The molecule has 6 nitrogen and oxygen atoms in total. The Morgan fingerprint density at radius 2 is 2.24 bits per heavy atom. The van der Waals surface area contributed by atoms with Crippen molar-refractivity contribution >= 4 is 11.6 Å². The number of morpholine rings is 1. The summed E-state index contributed by atoms with van der Waals surface area (Å²) in [5, 5.41) is 9.03. The van der Waals surface area contributed by atoms with Crippen LogP contribution in [0.1, 0.15) is 12.8 Å². The number of likely N-dealkylation sites (tertiary alicyclic amines) is 1. The van der Waals surface area contributed by atoms with Crippen LogP contribution in [0.15, 0.2) is 24.5 Å². The fourth-order valence-electron chi connectivity index (χ4n) is 3.27. The summed E-state index contributed by atoms with van der Waals surface area (Å²) in [6.07, 6.45) is 5.45. The lowest BCUT2D eigenvalue weighted by Crippen LogP contribution is -2.51. The van der Waals surface area contributed by atoms with Crippen LogP contribution in [-0.2, 0) is 9.53 Å². The predicted octanol–water partition coefficient (Wildman–Crippen LogP) is 0.270. The molecule has 21 heavy (non-hydrogen) atoms. The maximum Gasteiger partial charge on any atom is 0.248 e. The largest absolute Gasteiger partial charge is 0.387 e. The standard InChI is InChI=1S/C15H21N3O3/c19-11-15(20)17-6-3-13-14(4-7-17)21-9-8-18(13)12-2-1-5-16-10-12/h1-2,5,10,13-14,19H,3-4,6-9,11H2. The maximum atomic E-state index is 11.7. The van der Waals surface area contributed by atoms with Crippen molar-refractivity contribution in [1.82, 2.24) is 9.88 Å². The first-order valence-corrected chi connectivity index (χ1v) is 7.46. The van der Waals surface area contributed by atoms with Crippen molar-refractivity contribution in [2.24, 2.45) is 0 Å². The summed E-state index contributed by atoms with van der Waals surface area (Å²) < 4.78 is 5.91. The van der Waals surface area contributed by atoms with E-state index < -0.39 is 6.61 Å². The van der Waals surface area contributed by atoms with Crippen molar-refractivity contribution in [2.75, 3.05) is 37.7 Å². The van der Waals surface area contributed by atoms with Gasteiger partial charge in [0.25, 0.3) is 0 Å². The van der Waals surface area contributed by atoms with Crippen molar-refractivity contribution in [3.8, 4) is 0 Å². The molecule has 1 aromatic heterocycles. The number of nitrogens with zero attached hydrogens (tertiary/aromatic N) is 3. The van der Waals surface area contributed by atoms with Crippen LogP contribution < -0.4 is 4.90 Å². The van der Waals surface area contributed by atoms with Gasteiger partial charge in [0.1, 0.15) is 6.61 Å². The molecule has 2 unspecified atom stereocenters. The summed E-state index contributed by atoms with van der Waals surface area (Å²) in [7, 11) is 0. The Kier molecular flexibility index (Phi) is 4.36. The molecule has 2 aliphatic heterocycles. The average Bonchev–Trinajstić information content (AvgIpc) is 2.77. The van der Waals surface area contributed by atoms with Crippen LogP contribution in [0.3, 0.4) is 0 Å². The van der Waals surface area contributed by atoms with Crippen molar-refractivity contribution in [3.05, 3.63) is 24.5 Å². The summed E-state index contributed by atoms with van der Waals surface area (Å²) in [5.74, 6) is -0.193. The number of aliphatic hydroxyl groups excluding tert-OH is 1. The van der Waals surface area contributed by atoms with Crippen LogP contribution in [0.4, 0.5) is 5.69 Å². The lowest BCUT2D eigenvalue weighted by atomic mass is 10.0. The molecule has 1 N–H and O–H groups in total. The number of hydrogen-bond donors (Lipinski definition) is 1. The minimum Gasteiger partial charge on any atom is -0.387 e. The van der Waals surface area contributed by atoms with Gasteiger partial charge in [0.05, 0.1) is 30.6 Å². The Morgan fingerprint density at radius 1 is 1.38 bits per heavy atom. The summed E-state index contributed by atoms with van der Waals surface area (Å²) in [6, 6.07) is 4.27. The lowest BCUT2D eigenvalue weighted by molar-refractivity contribution is -0.134. The van der Waals surface area contributed by atoms with E-state index in [0.717, 1.165) is 25.1 Å². The zero-order chi connectivity index (χ0) is 14.7. The molecule has 2 aliphatic rings. The number of amides is 1. The zero-order valence-corrected chi connectivity index (χ0v) is 12.0. The smallest absolute Gasteiger partial charge is 0.248 e. The number of hydrogen-bond acceptors (Lipinski definition) is 5. The normalized spacial score (nSPS) is 26.1. The Bertz CT molecular complexity index is 482. The van der Waals surface area contributed by atoms with Crippen LogP contribution in [0.25, 0.3) is 0 Å². The number of anilines is 1.